The second kappa shape index (κ2) is 5.70. The number of rotatable bonds is 3. The lowest BCUT2D eigenvalue weighted by molar-refractivity contribution is -0.150. The molecule has 0 aliphatic heterocycles. The lowest BCUT2D eigenvalue weighted by atomic mass is 10.1. The molecule has 0 spiro atoms. The van der Waals surface area contributed by atoms with Crippen molar-refractivity contribution in [3.05, 3.63) is 29.3 Å². The summed E-state index contributed by atoms with van der Waals surface area (Å²) in [7, 11) is 0. The van der Waals surface area contributed by atoms with Gasteiger partial charge in [0.15, 0.2) is 0 Å². The molecule has 1 rings (SSSR count). The average Bonchev–Trinajstić information content (AvgIpc) is 2.25. The van der Waals surface area contributed by atoms with Gasteiger partial charge in [0.2, 0.25) is 5.91 Å². The predicted octanol–water partition coefficient (Wildman–Crippen LogP) is 3.06. The van der Waals surface area contributed by atoms with Crippen LogP contribution in [0.2, 0.25) is 0 Å². The number of alkyl halides is 6. The van der Waals surface area contributed by atoms with Gasteiger partial charge in [0.05, 0.1) is 11.3 Å². The molecular weight excluding hydrogens is 290 g/mol. The number of nitrogens with two attached hydrogens (primary N) is 1. The first-order chi connectivity index (χ1) is 9.03. The lowest BCUT2D eigenvalue weighted by Crippen LogP contribution is -2.23. The molecule has 3 N–H and O–H groups in total. The van der Waals surface area contributed by atoms with Gasteiger partial charge in [0.25, 0.3) is 0 Å². The normalized spacial score (nSPS) is 12.3. The molecule has 9 heteroatoms. The largest absolute Gasteiger partial charge is 0.418 e. The molecule has 0 radical (unpaired) electrons. The van der Waals surface area contributed by atoms with Crippen LogP contribution in [0.15, 0.2) is 18.2 Å². The number of benzene rings is 1. The molecule has 0 heterocycles. The molecule has 0 aromatic heterocycles. The number of nitrogens with one attached hydrogen (secondary N) is 1. The van der Waals surface area contributed by atoms with Gasteiger partial charge < -0.3 is 11.1 Å². The van der Waals surface area contributed by atoms with Crippen LogP contribution in [0.4, 0.5) is 32.0 Å². The van der Waals surface area contributed by atoms with E-state index in [-0.39, 0.29) is 12.1 Å². The molecule has 1 aromatic rings. The maximum atomic E-state index is 12.7. The monoisotopic (exact) mass is 300 g/mol. The van der Waals surface area contributed by atoms with Crippen molar-refractivity contribution in [1.29, 1.82) is 0 Å². The SMILES string of the molecule is NCc1ccc(NC(=O)CC(F)(F)F)c(C(F)(F)F)c1. The fourth-order valence-corrected chi connectivity index (χ4v) is 1.44. The van der Waals surface area contributed by atoms with E-state index in [1.54, 1.807) is 5.32 Å². The van der Waals surface area contributed by atoms with Gasteiger partial charge in [-0.05, 0) is 17.7 Å². The third-order valence-electron chi connectivity index (χ3n) is 2.26. The molecule has 0 atom stereocenters. The Morgan fingerprint density at radius 2 is 1.75 bits per heavy atom. The van der Waals surface area contributed by atoms with Crippen molar-refractivity contribution in [2.45, 2.75) is 25.3 Å². The van der Waals surface area contributed by atoms with Gasteiger partial charge in [-0.1, -0.05) is 6.07 Å². The number of carbonyl (C=O) groups excluding carboxylic acids is 1. The molecular formula is C11H10F6N2O. The highest BCUT2D eigenvalue weighted by Gasteiger charge is 2.36. The summed E-state index contributed by atoms with van der Waals surface area (Å²) in [6, 6.07) is 2.75. The summed E-state index contributed by atoms with van der Waals surface area (Å²) in [5, 5.41) is 1.61. The van der Waals surface area contributed by atoms with Crippen LogP contribution in [0.1, 0.15) is 17.5 Å². The highest BCUT2D eigenvalue weighted by atomic mass is 19.4. The number of carbonyl (C=O) groups is 1. The van der Waals surface area contributed by atoms with E-state index in [4.69, 9.17) is 5.73 Å². The lowest BCUT2D eigenvalue weighted by Gasteiger charge is -2.15. The molecule has 0 saturated carbocycles. The summed E-state index contributed by atoms with van der Waals surface area (Å²) in [5.41, 5.74) is 3.37. The van der Waals surface area contributed by atoms with Gasteiger partial charge in [0.1, 0.15) is 6.42 Å². The van der Waals surface area contributed by atoms with E-state index in [1.165, 1.54) is 6.07 Å². The van der Waals surface area contributed by atoms with Crippen LogP contribution in [-0.4, -0.2) is 12.1 Å². The molecule has 0 saturated heterocycles. The van der Waals surface area contributed by atoms with E-state index in [0.717, 1.165) is 6.07 Å². The molecule has 1 amide bonds. The Bertz CT molecular complexity index is 495. The van der Waals surface area contributed by atoms with Gasteiger partial charge in [-0.2, -0.15) is 26.3 Å². The summed E-state index contributed by atoms with van der Waals surface area (Å²) < 4.78 is 74.1. The predicted molar refractivity (Wildman–Crippen MR) is 58.6 cm³/mol. The smallest absolute Gasteiger partial charge is 0.326 e. The van der Waals surface area contributed by atoms with Crippen LogP contribution in [0.3, 0.4) is 0 Å². The fourth-order valence-electron chi connectivity index (χ4n) is 1.44. The molecule has 1 aromatic carbocycles. The van der Waals surface area contributed by atoms with E-state index < -0.39 is 35.9 Å². The summed E-state index contributed by atoms with van der Waals surface area (Å²) in [5.74, 6) is -1.57. The molecule has 0 unspecified atom stereocenters. The number of hydrogen-bond acceptors (Lipinski definition) is 2. The first-order valence-electron chi connectivity index (χ1n) is 5.29. The minimum absolute atomic E-state index is 0.145. The quantitative estimate of drug-likeness (QED) is 0.843. The van der Waals surface area contributed by atoms with Crippen molar-refractivity contribution in [3.8, 4) is 0 Å². The van der Waals surface area contributed by atoms with Crippen LogP contribution < -0.4 is 11.1 Å². The standard InChI is InChI=1S/C11H10F6N2O/c12-10(13,14)4-9(20)19-8-2-1-6(5-18)3-7(8)11(15,16)17/h1-3H,4-5,18H2,(H,19,20). The Kier molecular flexibility index (Phi) is 4.64. The van der Waals surface area contributed by atoms with Crippen LogP contribution in [-0.2, 0) is 17.5 Å². The highest BCUT2D eigenvalue weighted by molar-refractivity contribution is 5.92. The Morgan fingerprint density at radius 1 is 1.15 bits per heavy atom. The molecule has 0 aliphatic carbocycles. The third kappa shape index (κ3) is 4.72. The minimum Gasteiger partial charge on any atom is -0.326 e. The topological polar surface area (TPSA) is 55.1 Å². The average molecular weight is 300 g/mol. The third-order valence-corrected chi connectivity index (χ3v) is 2.26. The van der Waals surface area contributed by atoms with E-state index >= 15 is 0 Å². The van der Waals surface area contributed by atoms with Gasteiger partial charge >= 0.3 is 12.4 Å². The summed E-state index contributed by atoms with van der Waals surface area (Å²) in [6.07, 6.45) is -11.5. The van der Waals surface area contributed by atoms with Gasteiger partial charge in [-0.15, -0.1) is 0 Å². The molecule has 3 nitrogen and oxygen atoms in total. The van der Waals surface area contributed by atoms with Gasteiger partial charge in [0, 0.05) is 6.54 Å². The molecule has 0 fully saturated rings. The van der Waals surface area contributed by atoms with E-state index in [0.29, 0.717) is 6.07 Å². The maximum Gasteiger partial charge on any atom is 0.418 e. The molecule has 0 bridgehead atoms. The van der Waals surface area contributed by atoms with Crippen molar-refractivity contribution in [2.24, 2.45) is 5.73 Å². The Balaban J connectivity index is 3.03. The van der Waals surface area contributed by atoms with Crippen molar-refractivity contribution >= 4 is 11.6 Å². The van der Waals surface area contributed by atoms with Crippen LogP contribution in [0.25, 0.3) is 0 Å². The minimum atomic E-state index is -4.81. The second-order valence-corrected chi connectivity index (χ2v) is 3.92. The van der Waals surface area contributed by atoms with Gasteiger partial charge in [-0.25, -0.2) is 0 Å². The molecule has 20 heavy (non-hydrogen) atoms. The number of amides is 1. The van der Waals surface area contributed by atoms with Crippen molar-refractivity contribution < 1.29 is 31.1 Å². The Labute approximate surface area is 109 Å². The highest BCUT2D eigenvalue weighted by Crippen LogP contribution is 2.35. The maximum absolute atomic E-state index is 12.7. The van der Waals surface area contributed by atoms with E-state index in [9.17, 15) is 31.1 Å². The zero-order valence-corrected chi connectivity index (χ0v) is 9.90. The number of anilines is 1. The molecule has 0 aliphatic rings. The Morgan fingerprint density at radius 3 is 2.20 bits per heavy atom. The zero-order chi connectivity index (χ0) is 15.6. The Hall–Kier alpha value is -1.77. The zero-order valence-electron chi connectivity index (χ0n) is 9.90. The van der Waals surface area contributed by atoms with Crippen LogP contribution >= 0.6 is 0 Å². The number of halogens is 6. The van der Waals surface area contributed by atoms with E-state index in [1.807, 2.05) is 0 Å². The van der Waals surface area contributed by atoms with Gasteiger partial charge in [-0.3, -0.25) is 4.79 Å². The van der Waals surface area contributed by atoms with Crippen molar-refractivity contribution in [2.75, 3.05) is 5.32 Å². The molecule has 112 valence electrons. The van der Waals surface area contributed by atoms with Crippen molar-refractivity contribution in [1.82, 2.24) is 0 Å². The van der Waals surface area contributed by atoms with Crippen LogP contribution in [0.5, 0.6) is 0 Å². The summed E-state index contributed by atoms with van der Waals surface area (Å²) in [6.45, 7) is -0.167. The second-order valence-electron chi connectivity index (χ2n) is 3.92. The van der Waals surface area contributed by atoms with Crippen LogP contribution in [0, 0.1) is 0 Å². The van der Waals surface area contributed by atoms with E-state index in [2.05, 4.69) is 0 Å². The first-order valence-corrected chi connectivity index (χ1v) is 5.29. The number of hydrogen-bond donors (Lipinski definition) is 2. The van der Waals surface area contributed by atoms with Crippen molar-refractivity contribution in [3.63, 3.8) is 0 Å². The first kappa shape index (κ1) is 16.3. The fraction of sp³-hybridized carbons (Fsp3) is 0.364. The summed E-state index contributed by atoms with van der Waals surface area (Å²) in [4.78, 5) is 11.0. The summed E-state index contributed by atoms with van der Waals surface area (Å²) >= 11 is 0.